The van der Waals surface area contributed by atoms with Crippen LogP contribution in [0.25, 0.3) is 5.82 Å². The highest BCUT2D eigenvalue weighted by atomic mass is 16.5. The molecule has 0 bridgehead atoms. The van der Waals surface area contributed by atoms with Crippen LogP contribution < -0.4 is 10.1 Å². The molecule has 22 heavy (non-hydrogen) atoms. The first-order chi connectivity index (χ1) is 10.7. The minimum atomic E-state index is 0.571. The molecule has 0 fully saturated rings. The third kappa shape index (κ3) is 3.22. The summed E-state index contributed by atoms with van der Waals surface area (Å²) in [5.41, 5.74) is 2.08. The molecular formula is C16H17N5O. The SMILES string of the molecule is COc1ccc(CNc2nccc(-n3ccc(C)n3)n2)cc1. The minimum Gasteiger partial charge on any atom is -0.497 e. The van der Waals surface area contributed by atoms with Crippen LogP contribution in [0.3, 0.4) is 0 Å². The number of methoxy groups -OCH3 is 1. The van der Waals surface area contributed by atoms with E-state index in [1.807, 2.05) is 49.5 Å². The molecule has 2 heterocycles. The highest BCUT2D eigenvalue weighted by Gasteiger charge is 2.03. The topological polar surface area (TPSA) is 64.9 Å². The lowest BCUT2D eigenvalue weighted by molar-refractivity contribution is 0.414. The van der Waals surface area contributed by atoms with Crippen molar-refractivity contribution in [2.24, 2.45) is 0 Å². The Morgan fingerprint density at radius 3 is 2.64 bits per heavy atom. The summed E-state index contributed by atoms with van der Waals surface area (Å²) in [6.45, 7) is 2.59. The molecule has 6 nitrogen and oxygen atoms in total. The van der Waals surface area contributed by atoms with Gasteiger partial charge in [-0.05, 0) is 30.7 Å². The summed E-state index contributed by atoms with van der Waals surface area (Å²) in [7, 11) is 1.66. The zero-order valence-corrected chi connectivity index (χ0v) is 12.5. The normalized spacial score (nSPS) is 10.5. The number of hydrogen-bond donors (Lipinski definition) is 1. The Labute approximate surface area is 128 Å². The van der Waals surface area contributed by atoms with E-state index in [9.17, 15) is 0 Å². The molecule has 3 rings (SSSR count). The van der Waals surface area contributed by atoms with Crippen LogP contribution in [0.5, 0.6) is 5.75 Å². The molecule has 6 heteroatoms. The van der Waals surface area contributed by atoms with Crippen LogP contribution in [0.15, 0.2) is 48.8 Å². The van der Waals surface area contributed by atoms with E-state index in [0.29, 0.717) is 12.5 Å². The summed E-state index contributed by atoms with van der Waals surface area (Å²) in [4.78, 5) is 8.69. The largest absolute Gasteiger partial charge is 0.497 e. The number of nitrogens with zero attached hydrogens (tertiary/aromatic N) is 4. The molecular weight excluding hydrogens is 278 g/mol. The Hall–Kier alpha value is -2.89. The van der Waals surface area contributed by atoms with Gasteiger partial charge in [0.2, 0.25) is 5.95 Å². The predicted molar refractivity (Wildman–Crippen MR) is 84.2 cm³/mol. The summed E-state index contributed by atoms with van der Waals surface area (Å²) in [6.07, 6.45) is 3.60. The highest BCUT2D eigenvalue weighted by Crippen LogP contribution is 2.12. The molecule has 0 saturated carbocycles. The van der Waals surface area contributed by atoms with Crippen molar-refractivity contribution in [2.45, 2.75) is 13.5 Å². The van der Waals surface area contributed by atoms with Crippen molar-refractivity contribution in [1.82, 2.24) is 19.7 Å². The average Bonchev–Trinajstić information content (AvgIpc) is 3.00. The Balaban J connectivity index is 1.70. The minimum absolute atomic E-state index is 0.571. The lowest BCUT2D eigenvalue weighted by Crippen LogP contribution is -2.06. The molecule has 0 amide bonds. The standard InChI is InChI=1S/C16H17N5O/c1-12-8-10-21(20-12)15-7-9-17-16(19-15)18-11-13-3-5-14(22-2)6-4-13/h3-10H,11H2,1-2H3,(H,17,18,19). The quantitative estimate of drug-likeness (QED) is 0.783. The molecule has 0 aliphatic carbocycles. The van der Waals surface area contributed by atoms with Gasteiger partial charge in [0.25, 0.3) is 0 Å². The second-order valence-electron chi connectivity index (χ2n) is 4.84. The Morgan fingerprint density at radius 1 is 1.14 bits per heavy atom. The van der Waals surface area contributed by atoms with Crippen LogP contribution in [-0.2, 0) is 6.54 Å². The molecule has 0 spiro atoms. The van der Waals surface area contributed by atoms with Crippen LogP contribution in [0.1, 0.15) is 11.3 Å². The maximum atomic E-state index is 5.14. The molecule has 1 N–H and O–H groups in total. The van der Waals surface area contributed by atoms with E-state index in [0.717, 1.165) is 22.8 Å². The lowest BCUT2D eigenvalue weighted by Gasteiger charge is -2.07. The van der Waals surface area contributed by atoms with Gasteiger partial charge in [0.15, 0.2) is 5.82 Å². The first kappa shape index (κ1) is 14.1. The molecule has 0 unspecified atom stereocenters. The van der Waals surface area contributed by atoms with E-state index >= 15 is 0 Å². The van der Waals surface area contributed by atoms with E-state index in [1.54, 1.807) is 18.0 Å². The van der Waals surface area contributed by atoms with E-state index in [-0.39, 0.29) is 0 Å². The van der Waals surface area contributed by atoms with Gasteiger partial charge in [0.1, 0.15) is 5.75 Å². The van der Waals surface area contributed by atoms with Crippen LogP contribution in [0, 0.1) is 6.92 Å². The fourth-order valence-corrected chi connectivity index (χ4v) is 2.03. The number of ether oxygens (including phenoxy) is 1. The summed E-state index contributed by atoms with van der Waals surface area (Å²) in [5.74, 6) is 2.15. The molecule has 0 radical (unpaired) electrons. The summed E-state index contributed by atoms with van der Waals surface area (Å²) in [6, 6.07) is 11.6. The van der Waals surface area contributed by atoms with Gasteiger partial charge >= 0.3 is 0 Å². The van der Waals surface area contributed by atoms with Gasteiger partial charge in [0, 0.05) is 25.0 Å². The Kier molecular flexibility index (Phi) is 4.00. The summed E-state index contributed by atoms with van der Waals surface area (Å²) >= 11 is 0. The zero-order chi connectivity index (χ0) is 15.4. The van der Waals surface area contributed by atoms with Gasteiger partial charge in [-0.25, -0.2) is 9.67 Å². The number of hydrogen-bond acceptors (Lipinski definition) is 5. The lowest BCUT2D eigenvalue weighted by atomic mass is 10.2. The molecule has 112 valence electrons. The monoisotopic (exact) mass is 295 g/mol. The number of aromatic nitrogens is 4. The van der Waals surface area contributed by atoms with Gasteiger partial charge in [-0.1, -0.05) is 12.1 Å². The average molecular weight is 295 g/mol. The van der Waals surface area contributed by atoms with Gasteiger partial charge in [0.05, 0.1) is 12.8 Å². The first-order valence-corrected chi connectivity index (χ1v) is 6.97. The van der Waals surface area contributed by atoms with Crippen molar-refractivity contribution in [2.75, 3.05) is 12.4 Å². The number of benzene rings is 1. The number of aryl methyl sites for hydroxylation is 1. The smallest absolute Gasteiger partial charge is 0.224 e. The van der Waals surface area contributed by atoms with Crippen LogP contribution in [0.2, 0.25) is 0 Å². The molecule has 1 aromatic carbocycles. The van der Waals surface area contributed by atoms with Crippen LogP contribution in [0.4, 0.5) is 5.95 Å². The van der Waals surface area contributed by atoms with Crippen LogP contribution >= 0.6 is 0 Å². The summed E-state index contributed by atoms with van der Waals surface area (Å²) < 4.78 is 6.88. The maximum Gasteiger partial charge on any atom is 0.224 e. The van der Waals surface area contributed by atoms with E-state index in [2.05, 4.69) is 20.4 Å². The third-order valence-corrected chi connectivity index (χ3v) is 3.21. The van der Waals surface area contributed by atoms with Crippen molar-refractivity contribution >= 4 is 5.95 Å². The molecule has 2 aromatic heterocycles. The second kappa shape index (κ2) is 6.26. The molecule has 0 aliphatic rings. The second-order valence-corrected chi connectivity index (χ2v) is 4.84. The Morgan fingerprint density at radius 2 is 1.95 bits per heavy atom. The van der Waals surface area contributed by atoms with Gasteiger partial charge < -0.3 is 10.1 Å². The van der Waals surface area contributed by atoms with E-state index < -0.39 is 0 Å². The van der Waals surface area contributed by atoms with Crippen molar-refractivity contribution in [3.63, 3.8) is 0 Å². The fourth-order valence-electron chi connectivity index (χ4n) is 2.03. The van der Waals surface area contributed by atoms with Crippen molar-refractivity contribution in [1.29, 1.82) is 0 Å². The Bertz CT molecular complexity index is 751. The molecule has 3 aromatic rings. The summed E-state index contributed by atoms with van der Waals surface area (Å²) in [5, 5.41) is 7.56. The van der Waals surface area contributed by atoms with E-state index in [1.165, 1.54) is 0 Å². The molecule has 0 aliphatic heterocycles. The van der Waals surface area contributed by atoms with Gasteiger partial charge in [-0.15, -0.1) is 0 Å². The number of rotatable bonds is 5. The zero-order valence-electron chi connectivity index (χ0n) is 12.5. The molecule has 0 saturated heterocycles. The maximum absolute atomic E-state index is 5.14. The first-order valence-electron chi connectivity index (χ1n) is 6.97. The fraction of sp³-hybridized carbons (Fsp3) is 0.188. The number of nitrogens with one attached hydrogen (secondary N) is 1. The van der Waals surface area contributed by atoms with E-state index in [4.69, 9.17) is 4.74 Å². The van der Waals surface area contributed by atoms with Crippen molar-refractivity contribution < 1.29 is 4.74 Å². The highest BCUT2D eigenvalue weighted by molar-refractivity contribution is 5.34. The van der Waals surface area contributed by atoms with Gasteiger partial charge in [-0.3, -0.25) is 0 Å². The predicted octanol–water partition coefficient (Wildman–Crippen LogP) is 2.59. The third-order valence-electron chi connectivity index (χ3n) is 3.21. The van der Waals surface area contributed by atoms with Crippen molar-refractivity contribution in [3.05, 3.63) is 60.0 Å². The van der Waals surface area contributed by atoms with Gasteiger partial charge in [-0.2, -0.15) is 10.1 Å². The molecule has 0 atom stereocenters. The number of anilines is 1. The van der Waals surface area contributed by atoms with Crippen LogP contribution in [-0.4, -0.2) is 26.9 Å². The van der Waals surface area contributed by atoms with Crippen molar-refractivity contribution in [3.8, 4) is 11.6 Å².